The van der Waals surface area contributed by atoms with Crippen LogP contribution in [0, 0.1) is 0 Å². The summed E-state index contributed by atoms with van der Waals surface area (Å²) in [6.07, 6.45) is 14.2. The van der Waals surface area contributed by atoms with Crippen LogP contribution in [0.2, 0.25) is 0 Å². The highest BCUT2D eigenvalue weighted by Crippen LogP contribution is 2.66. The summed E-state index contributed by atoms with van der Waals surface area (Å²) >= 11 is 0. The molecule has 77 heavy (non-hydrogen) atoms. The summed E-state index contributed by atoms with van der Waals surface area (Å²) in [7, 11) is -1.78. The van der Waals surface area contributed by atoms with Crippen molar-refractivity contribution >= 4 is 86.5 Å². The van der Waals surface area contributed by atoms with E-state index in [0.29, 0.717) is 11.8 Å². The van der Waals surface area contributed by atoms with Crippen molar-refractivity contribution in [2.45, 2.75) is 54.7 Å². The number of hydrogen-bond donors (Lipinski definition) is 0. The van der Waals surface area contributed by atoms with Crippen LogP contribution in [-0.2, 0) is 5.41 Å². The first-order chi connectivity index (χ1) is 37.1. The largest absolute Gasteiger partial charge is 0.310 e. The maximum Gasteiger partial charge on any atom is 0.0731 e. The van der Waals surface area contributed by atoms with Gasteiger partial charge in [-0.1, -0.05) is 137 Å². The minimum atomic E-state index is -0.897. The number of rotatable bonds is 10. The van der Waals surface area contributed by atoms with E-state index in [9.17, 15) is 0 Å². The minimum absolute atomic E-state index is 0.446. The Balaban J connectivity index is 1.07. The van der Waals surface area contributed by atoms with E-state index in [2.05, 4.69) is 293 Å². The van der Waals surface area contributed by atoms with E-state index in [0.717, 1.165) is 34.1 Å². The maximum absolute atomic E-state index is 2.57. The topological polar surface area (TPSA) is 6.48 Å². The molecule has 2 aliphatic carbocycles. The SMILES string of the molecule is CC(C)c1ccc(N(c2ccc(S(C)(C)C)cc2)c2ccc3cc4c(cc3c2)C2(c3ccccc3-c3ccccc32)c2c-4c3ccccc3c3cc(N(c4ccc(C(C)C)cc4)c4ccc(S(C)(C)C)cc4)ccc23)cc1. The Morgan fingerprint density at radius 3 is 1.25 bits per heavy atom. The summed E-state index contributed by atoms with van der Waals surface area (Å²) in [5, 5.41) is 7.55. The molecule has 2 aliphatic rings. The smallest absolute Gasteiger partial charge is 0.0731 e. The zero-order chi connectivity index (χ0) is 53.1. The fourth-order valence-corrected chi connectivity index (χ4v) is 14.7. The molecule has 0 radical (unpaired) electrons. The number of hydrogen-bond acceptors (Lipinski definition) is 2. The van der Waals surface area contributed by atoms with Gasteiger partial charge in [0, 0.05) is 34.1 Å². The fraction of sp³-hybridized carbons (Fsp3) is 0.178. The van der Waals surface area contributed by atoms with Gasteiger partial charge in [0.2, 0.25) is 0 Å². The summed E-state index contributed by atoms with van der Waals surface area (Å²) in [5.41, 5.74) is 19.7. The van der Waals surface area contributed by atoms with Gasteiger partial charge in [0.05, 0.1) is 5.41 Å². The van der Waals surface area contributed by atoms with Crippen molar-refractivity contribution < 1.29 is 0 Å². The summed E-state index contributed by atoms with van der Waals surface area (Å²) in [5.74, 6) is 0.897. The lowest BCUT2D eigenvalue weighted by Crippen LogP contribution is -2.26. The van der Waals surface area contributed by atoms with E-state index in [1.54, 1.807) is 0 Å². The Morgan fingerprint density at radius 2 is 0.753 bits per heavy atom. The van der Waals surface area contributed by atoms with Gasteiger partial charge >= 0.3 is 0 Å². The van der Waals surface area contributed by atoms with E-state index in [1.165, 1.54) is 97.7 Å². The van der Waals surface area contributed by atoms with Gasteiger partial charge in [-0.25, -0.2) is 20.1 Å². The molecule has 0 N–H and O–H groups in total. The summed E-state index contributed by atoms with van der Waals surface area (Å²) in [6.45, 7) is 9.09. The van der Waals surface area contributed by atoms with Crippen LogP contribution in [-0.4, -0.2) is 37.5 Å². The van der Waals surface area contributed by atoms with E-state index < -0.39 is 25.5 Å². The first-order valence-corrected chi connectivity index (χ1v) is 32.9. The summed E-state index contributed by atoms with van der Waals surface area (Å²) in [4.78, 5) is 7.72. The van der Waals surface area contributed by atoms with Crippen LogP contribution in [0.25, 0.3) is 54.6 Å². The quantitative estimate of drug-likeness (QED) is 0.126. The maximum atomic E-state index is 2.57. The molecule has 0 saturated carbocycles. The summed E-state index contributed by atoms with van der Waals surface area (Å²) < 4.78 is 0. The predicted octanol–water partition coefficient (Wildman–Crippen LogP) is 20.8. The van der Waals surface area contributed by atoms with Gasteiger partial charge in [0.15, 0.2) is 0 Å². The van der Waals surface area contributed by atoms with E-state index in [-0.39, 0.29) is 0 Å². The second-order valence-corrected chi connectivity index (χ2v) is 31.9. The first kappa shape index (κ1) is 49.1. The highest BCUT2D eigenvalue weighted by atomic mass is 32.3. The molecule has 0 bridgehead atoms. The molecular weight excluding hydrogens is 969 g/mol. The standard InChI is InChI=1S/C73H68N2S2/c1-47(2)49-23-28-53(29-24-49)74(55-33-38-59(39-34-55)76(5,6)7)57-32-27-51-44-67-70(45-52(51)43-57)73(68-21-15-13-18-62(68)63-19-14-16-22-69(63)73)72-65-42-37-58(46-66(65)61-17-11-12-20-64(61)71(67)72)75(54-30-25-50(26-31-54)48(3)4)56-35-40-60(41-36-56)77(8,9)10/h11-48H,1-10H3. The van der Waals surface area contributed by atoms with Gasteiger partial charge in [-0.15, -0.1) is 0 Å². The van der Waals surface area contributed by atoms with E-state index in [4.69, 9.17) is 0 Å². The number of nitrogens with zero attached hydrogens (tertiary/aromatic N) is 2. The van der Waals surface area contributed by atoms with Crippen LogP contribution < -0.4 is 9.80 Å². The Morgan fingerprint density at radius 1 is 0.325 bits per heavy atom. The molecule has 0 heterocycles. The zero-order valence-corrected chi connectivity index (χ0v) is 47.8. The van der Waals surface area contributed by atoms with Crippen LogP contribution in [0.1, 0.15) is 72.9 Å². The lowest BCUT2D eigenvalue weighted by atomic mass is 9.69. The third-order valence-corrected chi connectivity index (χ3v) is 20.1. The average molecular weight is 1040 g/mol. The molecule has 0 aliphatic heterocycles. The lowest BCUT2D eigenvalue weighted by molar-refractivity contribution is 0.803. The Bertz CT molecular complexity index is 4050. The molecule has 0 atom stereocenters. The van der Waals surface area contributed by atoms with Crippen molar-refractivity contribution in [3.63, 3.8) is 0 Å². The van der Waals surface area contributed by atoms with Gasteiger partial charge in [0.25, 0.3) is 0 Å². The average Bonchev–Trinajstić information content (AvgIpc) is 3.25. The van der Waals surface area contributed by atoms with Crippen molar-refractivity contribution in [3.8, 4) is 22.3 Å². The van der Waals surface area contributed by atoms with Crippen molar-refractivity contribution in [1.82, 2.24) is 0 Å². The second kappa shape index (κ2) is 18.3. The van der Waals surface area contributed by atoms with Crippen molar-refractivity contribution in [2.24, 2.45) is 0 Å². The van der Waals surface area contributed by atoms with Crippen LogP contribution in [0.5, 0.6) is 0 Å². The third kappa shape index (κ3) is 7.93. The van der Waals surface area contributed by atoms with Crippen molar-refractivity contribution in [1.29, 1.82) is 0 Å². The Hall–Kier alpha value is -7.50. The molecule has 11 aromatic rings. The van der Waals surface area contributed by atoms with Crippen LogP contribution in [0.3, 0.4) is 0 Å². The molecular formula is C73H68N2S2. The zero-order valence-electron chi connectivity index (χ0n) is 46.2. The van der Waals surface area contributed by atoms with Gasteiger partial charge in [-0.3, -0.25) is 0 Å². The van der Waals surface area contributed by atoms with Crippen LogP contribution in [0.15, 0.2) is 228 Å². The highest BCUT2D eigenvalue weighted by molar-refractivity contribution is 8.32. The molecule has 0 fully saturated rings. The molecule has 4 heteroatoms. The van der Waals surface area contributed by atoms with Crippen molar-refractivity contribution in [3.05, 3.63) is 252 Å². The highest BCUT2D eigenvalue weighted by Gasteiger charge is 2.53. The molecule has 382 valence electrons. The van der Waals surface area contributed by atoms with Crippen LogP contribution in [0.4, 0.5) is 34.1 Å². The Kier molecular flexibility index (Phi) is 11.7. The molecule has 0 saturated heterocycles. The lowest BCUT2D eigenvalue weighted by Gasteiger charge is -2.32. The monoisotopic (exact) mass is 1040 g/mol. The normalized spacial score (nSPS) is 13.8. The van der Waals surface area contributed by atoms with Crippen molar-refractivity contribution in [2.75, 3.05) is 47.3 Å². The molecule has 1 spiro atoms. The van der Waals surface area contributed by atoms with E-state index in [1.807, 2.05) is 0 Å². The summed E-state index contributed by atoms with van der Waals surface area (Å²) in [6, 6.07) is 84.4. The molecule has 11 aromatic carbocycles. The van der Waals surface area contributed by atoms with Crippen LogP contribution >= 0.6 is 20.1 Å². The molecule has 0 aromatic heterocycles. The minimum Gasteiger partial charge on any atom is -0.310 e. The van der Waals surface area contributed by atoms with Gasteiger partial charge < -0.3 is 9.80 Å². The molecule has 0 amide bonds. The van der Waals surface area contributed by atoms with Gasteiger partial charge in [-0.05, 0) is 256 Å². The first-order valence-electron chi connectivity index (χ1n) is 27.2. The Labute approximate surface area is 459 Å². The van der Waals surface area contributed by atoms with Gasteiger partial charge in [-0.2, -0.15) is 0 Å². The molecule has 2 nitrogen and oxygen atoms in total. The van der Waals surface area contributed by atoms with E-state index >= 15 is 0 Å². The fourth-order valence-electron chi connectivity index (χ4n) is 12.8. The number of fused-ring (bicyclic) bond motifs is 16. The predicted molar refractivity (Wildman–Crippen MR) is 340 cm³/mol. The molecule has 0 unspecified atom stereocenters. The number of benzene rings is 11. The second-order valence-electron chi connectivity index (χ2n) is 23.6. The number of anilines is 6. The molecule has 13 rings (SSSR count). The van der Waals surface area contributed by atoms with Gasteiger partial charge in [0.1, 0.15) is 0 Å². The third-order valence-electron chi connectivity index (χ3n) is 16.7.